The Balaban J connectivity index is 1.83. The zero-order valence-electron chi connectivity index (χ0n) is 18.0. The van der Waals surface area contributed by atoms with E-state index in [1.807, 2.05) is 49.5 Å². The van der Waals surface area contributed by atoms with Crippen LogP contribution in [0.4, 0.5) is 0 Å². The highest BCUT2D eigenvalue weighted by Crippen LogP contribution is 2.42. The monoisotopic (exact) mass is 424 g/mol. The zero-order chi connectivity index (χ0) is 22.2. The quantitative estimate of drug-likeness (QED) is 0.417. The summed E-state index contributed by atoms with van der Waals surface area (Å²) < 4.78 is 5.89. The van der Waals surface area contributed by atoms with Crippen molar-refractivity contribution in [1.82, 2.24) is 9.97 Å². The second kappa shape index (κ2) is 8.08. The number of hydrogen-bond donors (Lipinski definition) is 1. The number of hydrogen-bond acceptors (Lipinski definition) is 4. The number of aliphatic carboxylic acids is 1. The van der Waals surface area contributed by atoms with Crippen molar-refractivity contribution in [2.24, 2.45) is 0 Å². The molecule has 0 spiro atoms. The normalized spacial score (nSPS) is 12.7. The van der Waals surface area contributed by atoms with Gasteiger partial charge in [-0.3, -0.25) is 14.8 Å². The zero-order valence-corrected chi connectivity index (χ0v) is 18.0. The van der Waals surface area contributed by atoms with Gasteiger partial charge in [0.15, 0.2) is 0 Å². The fraction of sp³-hybridized carbons (Fsp3) is 0.222. The van der Waals surface area contributed by atoms with Gasteiger partial charge in [-0.25, -0.2) is 0 Å². The molecule has 0 bridgehead atoms. The first-order valence-corrected chi connectivity index (χ1v) is 10.9. The number of benzene rings is 2. The van der Waals surface area contributed by atoms with Gasteiger partial charge in [0.05, 0.1) is 24.1 Å². The fourth-order valence-electron chi connectivity index (χ4n) is 4.67. The summed E-state index contributed by atoms with van der Waals surface area (Å²) in [7, 11) is 0. The molecule has 4 aromatic rings. The van der Waals surface area contributed by atoms with Crippen molar-refractivity contribution in [1.29, 1.82) is 0 Å². The SMILES string of the molecule is C=CCCc1ccc2c(-c3ccc4c5c(ccnc35)CCO4)c(CC(=O)O)c(C)cc2n1. The van der Waals surface area contributed by atoms with E-state index >= 15 is 0 Å². The predicted molar refractivity (Wildman–Crippen MR) is 126 cm³/mol. The number of nitrogens with zero attached hydrogens (tertiary/aromatic N) is 2. The predicted octanol–water partition coefficient (Wildman–Crippen LogP) is 5.44. The number of aromatic nitrogens is 2. The molecular weight excluding hydrogens is 400 g/mol. The third kappa shape index (κ3) is 3.40. The number of carboxylic acids is 1. The Morgan fingerprint density at radius 3 is 2.94 bits per heavy atom. The van der Waals surface area contributed by atoms with Gasteiger partial charge in [0, 0.05) is 34.6 Å². The molecule has 0 unspecified atom stereocenters. The average Bonchev–Trinajstić information content (AvgIpc) is 2.79. The third-order valence-electron chi connectivity index (χ3n) is 6.15. The van der Waals surface area contributed by atoms with Gasteiger partial charge in [-0.2, -0.15) is 0 Å². The van der Waals surface area contributed by atoms with Crippen molar-refractivity contribution in [3.63, 3.8) is 0 Å². The summed E-state index contributed by atoms with van der Waals surface area (Å²) >= 11 is 0. The van der Waals surface area contributed by atoms with Crippen molar-refractivity contribution >= 4 is 27.8 Å². The van der Waals surface area contributed by atoms with Crippen LogP contribution in [0, 0.1) is 6.92 Å². The molecule has 2 aromatic heterocycles. The molecule has 160 valence electrons. The Morgan fingerprint density at radius 1 is 1.25 bits per heavy atom. The van der Waals surface area contributed by atoms with Crippen LogP contribution in [-0.2, 0) is 24.1 Å². The maximum absolute atomic E-state index is 11.8. The van der Waals surface area contributed by atoms with E-state index < -0.39 is 5.97 Å². The topological polar surface area (TPSA) is 72.3 Å². The summed E-state index contributed by atoms with van der Waals surface area (Å²) in [5.41, 5.74) is 7.44. The molecule has 3 heterocycles. The molecule has 32 heavy (non-hydrogen) atoms. The molecule has 1 aliphatic rings. The number of aryl methyl sites for hydroxylation is 2. The first-order chi connectivity index (χ1) is 15.6. The summed E-state index contributed by atoms with van der Waals surface area (Å²) in [6.07, 6.45) is 6.18. The van der Waals surface area contributed by atoms with E-state index in [9.17, 15) is 9.90 Å². The van der Waals surface area contributed by atoms with Gasteiger partial charge in [0.1, 0.15) is 5.75 Å². The first-order valence-electron chi connectivity index (χ1n) is 10.9. The molecule has 5 nitrogen and oxygen atoms in total. The molecule has 0 aliphatic carbocycles. The first kappa shape index (κ1) is 20.2. The molecule has 5 rings (SSSR count). The highest BCUT2D eigenvalue weighted by Gasteiger charge is 2.22. The molecule has 2 aromatic carbocycles. The lowest BCUT2D eigenvalue weighted by molar-refractivity contribution is -0.136. The van der Waals surface area contributed by atoms with Crippen molar-refractivity contribution < 1.29 is 14.6 Å². The van der Waals surface area contributed by atoms with Gasteiger partial charge < -0.3 is 9.84 Å². The standard InChI is InChI=1S/C27H24N2O3/c1-3-4-5-18-6-7-19-22(29-18)14-16(2)21(15-24(30)31)26(19)20-8-9-23-25-17(11-13-32-23)10-12-28-27(20)25/h3,6-10,12,14H,1,4-5,11,13,15H2,2H3,(H,30,31). The van der Waals surface area contributed by atoms with Crippen LogP contribution in [0.3, 0.4) is 0 Å². The Bertz CT molecular complexity index is 1380. The van der Waals surface area contributed by atoms with Crippen molar-refractivity contribution in [2.75, 3.05) is 6.61 Å². The van der Waals surface area contributed by atoms with E-state index in [2.05, 4.69) is 12.6 Å². The van der Waals surface area contributed by atoms with E-state index in [0.717, 1.165) is 74.8 Å². The van der Waals surface area contributed by atoms with Crippen molar-refractivity contribution in [3.05, 3.63) is 77.6 Å². The number of fused-ring (bicyclic) bond motifs is 1. The third-order valence-corrected chi connectivity index (χ3v) is 6.15. The fourth-order valence-corrected chi connectivity index (χ4v) is 4.67. The van der Waals surface area contributed by atoms with E-state index in [1.54, 1.807) is 0 Å². The molecule has 0 saturated carbocycles. The Labute approximate surface area is 186 Å². The number of pyridine rings is 2. The molecular formula is C27H24N2O3. The minimum absolute atomic E-state index is 0.0608. The number of carboxylic acid groups (broad SMARTS) is 1. The van der Waals surface area contributed by atoms with Crippen LogP contribution in [-0.4, -0.2) is 27.7 Å². The van der Waals surface area contributed by atoms with Crippen LogP contribution in [0.1, 0.15) is 28.8 Å². The van der Waals surface area contributed by atoms with E-state index in [1.165, 1.54) is 5.56 Å². The van der Waals surface area contributed by atoms with Gasteiger partial charge in [-0.1, -0.05) is 12.1 Å². The minimum Gasteiger partial charge on any atom is -0.493 e. The summed E-state index contributed by atoms with van der Waals surface area (Å²) in [4.78, 5) is 21.4. The number of carbonyl (C=O) groups is 1. The lowest BCUT2D eigenvalue weighted by Gasteiger charge is -2.21. The van der Waals surface area contributed by atoms with Crippen LogP contribution in [0.25, 0.3) is 32.9 Å². The Morgan fingerprint density at radius 2 is 2.12 bits per heavy atom. The van der Waals surface area contributed by atoms with Gasteiger partial charge in [-0.05, 0) is 72.4 Å². The molecule has 0 radical (unpaired) electrons. The summed E-state index contributed by atoms with van der Waals surface area (Å²) in [5, 5.41) is 11.6. The van der Waals surface area contributed by atoms with E-state index in [-0.39, 0.29) is 6.42 Å². The Hall–Kier alpha value is -3.73. The number of allylic oxidation sites excluding steroid dienone is 1. The highest BCUT2D eigenvalue weighted by molar-refractivity contribution is 6.07. The molecule has 1 N–H and O–H groups in total. The van der Waals surface area contributed by atoms with Gasteiger partial charge in [-0.15, -0.1) is 6.58 Å². The van der Waals surface area contributed by atoms with Gasteiger partial charge in [0.2, 0.25) is 0 Å². The molecule has 0 atom stereocenters. The van der Waals surface area contributed by atoms with Crippen molar-refractivity contribution in [3.8, 4) is 16.9 Å². The smallest absolute Gasteiger partial charge is 0.307 e. The second-order valence-electron chi connectivity index (χ2n) is 8.22. The van der Waals surface area contributed by atoms with Crippen LogP contribution in [0.15, 0.2) is 55.3 Å². The summed E-state index contributed by atoms with van der Waals surface area (Å²) in [6.45, 7) is 6.41. The molecule has 5 heteroatoms. The number of rotatable bonds is 6. The minimum atomic E-state index is -0.858. The lowest BCUT2D eigenvalue weighted by Crippen LogP contribution is -2.10. The van der Waals surface area contributed by atoms with Crippen molar-refractivity contribution in [2.45, 2.75) is 32.6 Å². The summed E-state index contributed by atoms with van der Waals surface area (Å²) in [6, 6.07) is 12.1. The van der Waals surface area contributed by atoms with Gasteiger partial charge in [0.25, 0.3) is 0 Å². The lowest BCUT2D eigenvalue weighted by atomic mass is 9.87. The Kier molecular flexibility index (Phi) is 5.10. The van der Waals surface area contributed by atoms with Crippen LogP contribution in [0.2, 0.25) is 0 Å². The molecule has 0 fully saturated rings. The molecule has 1 aliphatic heterocycles. The van der Waals surface area contributed by atoms with Crippen LogP contribution in [0.5, 0.6) is 5.75 Å². The largest absolute Gasteiger partial charge is 0.493 e. The average molecular weight is 425 g/mol. The van der Waals surface area contributed by atoms with Gasteiger partial charge >= 0.3 is 5.97 Å². The van der Waals surface area contributed by atoms with E-state index in [0.29, 0.717) is 6.61 Å². The highest BCUT2D eigenvalue weighted by atomic mass is 16.5. The summed E-state index contributed by atoms with van der Waals surface area (Å²) in [5.74, 6) is -0.0250. The van der Waals surface area contributed by atoms with Crippen LogP contribution >= 0.6 is 0 Å². The van der Waals surface area contributed by atoms with E-state index in [4.69, 9.17) is 14.7 Å². The molecule has 0 amide bonds. The molecule has 0 saturated heterocycles. The second-order valence-corrected chi connectivity index (χ2v) is 8.22. The number of ether oxygens (including phenoxy) is 1. The van der Waals surface area contributed by atoms with Crippen LogP contribution < -0.4 is 4.74 Å². The maximum Gasteiger partial charge on any atom is 0.307 e. The maximum atomic E-state index is 11.8.